The van der Waals surface area contributed by atoms with Crippen LogP contribution in [0.4, 0.5) is 11.4 Å². The number of pyridine rings is 2. The van der Waals surface area contributed by atoms with Crippen molar-refractivity contribution in [2.24, 2.45) is 5.84 Å². The molecule has 7 nitrogen and oxygen atoms in total. The summed E-state index contributed by atoms with van der Waals surface area (Å²) in [5.74, 6) is 5.28. The molecule has 0 aliphatic carbocycles. The maximum absolute atomic E-state index is 12.2. The number of anilines is 2. The number of aryl methyl sites for hydroxylation is 1. The van der Waals surface area contributed by atoms with E-state index in [0.29, 0.717) is 11.3 Å². The minimum absolute atomic E-state index is 0.159. The van der Waals surface area contributed by atoms with Gasteiger partial charge < -0.3 is 5.43 Å². The third-order valence-electron chi connectivity index (χ3n) is 2.45. The highest BCUT2D eigenvalue weighted by atomic mass is 32.2. The van der Waals surface area contributed by atoms with E-state index in [0.717, 1.165) is 0 Å². The van der Waals surface area contributed by atoms with E-state index in [1.165, 1.54) is 18.5 Å². The van der Waals surface area contributed by atoms with Crippen LogP contribution in [-0.4, -0.2) is 18.4 Å². The number of rotatable bonds is 4. The van der Waals surface area contributed by atoms with E-state index in [4.69, 9.17) is 5.84 Å². The van der Waals surface area contributed by atoms with Gasteiger partial charge >= 0.3 is 0 Å². The quantitative estimate of drug-likeness (QED) is 0.566. The lowest BCUT2D eigenvalue weighted by Crippen LogP contribution is -2.19. The highest BCUT2D eigenvalue weighted by Gasteiger charge is 2.20. The topological polar surface area (TPSA) is 110 Å². The van der Waals surface area contributed by atoms with E-state index in [1.807, 2.05) is 0 Å². The second kappa shape index (κ2) is 5.21. The van der Waals surface area contributed by atoms with Gasteiger partial charge in [0.1, 0.15) is 0 Å². The van der Waals surface area contributed by atoms with Gasteiger partial charge in [-0.05, 0) is 30.7 Å². The average Bonchev–Trinajstić information content (AvgIpc) is 2.41. The molecule has 8 heteroatoms. The number of aromatic nitrogens is 2. The van der Waals surface area contributed by atoms with E-state index in [2.05, 4.69) is 20.1 Å². The number of nitrogens with one attached hydrogen (secondary N) is 2. The van der Waals surface area contributed by atoms with Crippen LogP contribution in [-0.2, 0) is 10.0 Å². The third kappa shape index (κ3) is 2.80. The Hall–Kier alpha value is -2.19. The van der Waals surface area contributed by atoms with Crippen molar-refractivity contribution in [2.75, 3.05) is 10.1 Å². The average molecular weight is 279 g/mol. The van der Waals surface area contributed by atoms with Crippen LogP contribution in [0.5, 0.6) is 0 Å². The van der Waals surface area contributed by atoms with Crippen molar-refractivity contribution >= 4 is 21.4 Å². The first-order valence-electron chi connectivity index (χ1n) is 5.39. The summed E-state index contributed by atoms with van der Waals surface area (Å²) in [6, 6.07) is 4.69. The van der Waals surface area contributed by atoms with E-state index < -0.39 is 10.0 Å². The lowest BCUT2D eigenvalue weighted by atomic mass is 10.3. The third-order valence-corrected chi connectivity index (χ3v) is 3.77. The molecule has 2 heterocycles. The Morgan fingerprint density at radius 2 is 2.00 bits per heavy atom. The van der Waals surface area contributed by atoms with Crippen LogP contribution in [0, 0.1) is 6.92 Å². The van der Waals surface area contributed by atoms with Crippen molar-refractivity contribution in [3.63, 3.8) is 0 Å². The molecule has 2 aromatic rings. The fourth-order valence-electron chi connectivity index (χ4n) is 1.50. The molecular formula is C11H13N5O2S. The maximum atomic E-state index is 12.2. The molecule has 2 aromatic heterocycles. The molecule has 4 N–H and O–H groups in total. The summed E-state index contributed by atoms with van der Waals surface area (Å²) in [7, 11) is -3.81. The number of nitrogens with two attached hydrogens (primary N) is 1. The fourth-order valence-corrected chi connectivity index (χ4v) is 2.73. The monoisotopic (exact) mass is 279 g/mol. The van der Waals surface area contributed by atoms with Crippen LogP contribution in [0.25, 0.3) is 0 Å². The van der Waals surface area contributed by atoms with Crippen molar-refractivity contribution in [2.45, 2.75) is 11.9 Å². The zero-order valence-corrected chi connectivity index (χ0v) is 11.0. The zero-order valence-electron chi connectivity index (χ0n) is 10.2. The number of nitrogens with zero attached hydrogens (tertiary/aromatic N) is 2. The first-order chi connectivity index (χ1) is 9.04. The molecule has 0 saturated heterocycles. The van der Waals surface area contributed by atoms with Gasteiger partial charge in [0, 0.05) is 18.6 Å². The molecule has 0 atom stereocenters. The SMILES string of the molecule is Cc1cnccc1NS(=O)(=O)c1ncccc1NN. The van der Waals surface area contributed by atoms with Gasteiger partial charge in [-0.3, -0.25) is 15.5 Å². The van der Waals surface area contributed by atoms with Crippen LogP contribution < -0.4 is 16.0 Å². The molecule has 0 aromatic carbocycles. The predicted molar refractivity (Wildman–Crippen MR) is 71.8 cm³/mol. The molecule has 0 radical (unpaired) electrons. The molecule has 0 fully saturated rings. The highest BCUT2D eigenvalue weighted by Crippen LogP contribution is 2.21. The molecule has 0 amide bonds. The van der Waals surface area contributed by atoms with E-state index >= 15 is 0 Å². The zero-order chi connectivity index (χ0) is 13.9. The second-order valence-electron chi connectivity index (χ2n) is 3.80. The number of hydrogen-bond donors (Lipinski definition) is 3. The largest absolute Gasteiger partial charge is 0.321 e. The molecule has 100 valence electrons. The maximum Gasteiger partial charge on any atom is 0.281 e. The molecule has 0 aliphatic rings. The van der Waals surface area contributed by atoms with Gasteiger partial charge in [0.15, 0.2) is 0 Å². The number of sulfonamides is 1. The minimum Gasteiger partial charge on any atom is -0.321 e. The summed E-state index contributed by atoms with van der Waals surface area (Å²) >= 11 is 0. The summed E-state index contributed by atoms with van der Waals surface area (Å²) in [6.45, 7) is 1.76. The number of hydrazine groups is 1. The van der Waals surface area contributed by atoms with Crippen LogP contribution >= 0.6 is 0 Å². The molecule has 0 unspecified atom stereocenters. The van der Waals surface area contributed by atoms with E-state index in [-0.39, 0.29) is 10.7 Å². The summed E-state index contributed by atoms with van der Waals surface area (Å²) in [5.41, 5.74) is 3.69. The number of nitrogen functional groups attached to an aromatic ring is 1. The second-order valence-corrected chi connectivity index (χ2v) is 5.39. The van der Waals surface area contributed by atoms with Crippen LogP contribution in [0.15, 0.2) is 41.8 Å². The van der Waals surface area contributed by atoms with Gasteiger partial charge in [0.2, 0.25) is 5.03 Å². The van der Waals surface area contributed by atoms with Crippen molar-refractivity contribution in [3.05, 3.63) is 42.4 Å². The Kier molecular flexibility index (Phi) is 3.63. The summed E-state index contributed by atoms with van der Waals surface area (Å²) in [6.07, 6.45) is 4.46. The van der Waals surface area contributed by atoms with Crippen molar-refractivity contribution in [1.82, 2.24) is 9.97 Å². The van der Waals surface area contributed by atoms with Crippen molar-refractivity contribution in [1.29, 1.82) is 0 Å². The highest BCUT2D eigenvalue weighted by molar-refractivity contribution is 7.92. The lowest BCUT2D eigenvalue weighted by Gasteiger charge is -2.11. The van der Waals surface area contributed by atoms with Gasteiger partial charge in [-0.15, -0.1) is 0 Å². The first-order valence-corrected chi connectivity index (χ1v) is 6.88. The first kappa shape index (κ1) is 13.2. The Morgan fingerprint density at radius 1 is 1.21 bits per heavy atom. The Bertz CT molecular complexity index is 687. The lowest BCUT2D eigenvalue weighted by molar-refractivity contribution is 0.598. The molecule has 19 heavy (non-hydrogen) atoms. The predicted octanol–water partition coefficient (Wildman–Crippen LogP) is 0.871. The summed E-state index contributed by atoms with van der Waals surface area (Å²) in [5, 5.41) is -0.159. The Morgan fingerprint density at radius 3 is 2.68 bits per heavy atom. The van der Waals surface area contributed by atoms with E-state index in [9.17, 15) is 8.42 Å². The Balaban J connectivity index is 2.41. The molecule has 0 bridgehead atoms. The standard InChI is InChI=1S/C11H13N5O2S/c1-8-7-13-6-4-9(8)16-19(17,18)11-10(15-12)3-2-5-14-11/h2-7,15H,12H2,1H3,(H,13,16). The normalized spacial score (nSPS) is 11.1. The van der Waals surface area contributed by atoms with E-state index in [1.54, 1.807) is 25.3 Å². The van der Waals surface area contributed by atoms with Crippen molar-refractivity contribution in [3.8, 4) is 0 Å². The molecular weight excluding hydrogens is 266 g/mol. The summed E-state index contributed by atoms with van der Waals surface area (Å²) < 4.78 is 26.9. The number of hydrogen-bond acceptors (Lipinski definition) is 6. The summed E-state index contributed by atoms with van der Waals surface area (Å²) in [4.78, 5) is 7.74. The van der Waals surface area contributed by atoms with Crippen LogP contribution in [0.2, 0.25) is 0 Å². The molecule has 0 saturated carbocycles. The van der Waals surface area contributed by atoms with Gasteiger partial charge in [-0.2, -0.15) is 8.42 Å². The Labute approximate surface area is 110 Å². The molecule has 0 spiro atoms. The van der Waals surface area contributed by atoms with Crippen LogP contribution in [0.1, 0.15) is 5.56 Å². The minimum atomic E-state index is -3.81. The van der Waals surface area contributed by atoms with Crippen molar-refractivity contribution < 1.29 is 8.42 Å². The molecule has 2 rings (SSSR count). The van der Waals surface area contributed by atoms with Crippen LogP contribution in [0.3, 0.4) is 0 Å². The smallest absolute Gasteiger partial charge is 0.281 e. The fraction of sp³-hybridized carbons (Fsp3) is 0.0909. The van der Waals surface area contributed by atoms with Gasteiger partial charge in [0.05, 0.1) is 11.4 Å². The van der Waals surface area contributed by atoms with Gasteiger partial charge in [-0.25, -0.2) is 4.98 Å². The van der Waals surface area contributed by atoms with Gasteiger partial charge in [-0.1, -0.05) is 0 Å². The van der Waals surface area contributed by atoms with Gasteiger partial charge in [0.25, 0.3) is 10.0 Å². The molecule has 0 aliphatic heterocycles.